The zero-order valence-corrected chi connectivity index (χ0v) is 17.3. The highest BCUT2D eigenvalue weighted by Gasteiger charge is 2.23. The standard InChI is InChI=1S/C21H21N5O3S/c1-29-19(27)16-7-9-17(10-8-16)22-20(28)25-11-13-26(14-12-25)21-23-18(24-30-21)15-5-3-2-4-6-15/h2-10H,11-14H2,1H3,(H,22,28). The number of hydrogen-bond donors (Lipinski definition) is 1. The summed E-state index contributed by atoms with van der Waals surface area (Å²) in [6.07, 6.45) is 0. The van der Waals surface area contributed by atoms with Gasteiger partial charge in [0, 0.05) is 49.0 Å². The predicted molar refractivity (Wildman–Crippen MR) is 116 cm³/mol. The molecule has 0 spiro atoms. The van der Waals surface area contributed by atoms with Crippen LogP contribution in [0, 0.1) is 0 Å². The van der Waals surface area contributed by atoms with Crippen LogP contribution in [-0.4, -0.2) is 59.5 Å². The highest BCUT2D eigenvalue weighted by atomic mass is 32.1. The van der Waals surface area contributed by atoms with E-state index >= 15 is 0 Å². The zero-order chi connectivity index (χ0) is 20.9. The molecule has 9 heteroatoms. The molecule has 0 aliphatic carbocycles. The molecule has 0 saturated carbocycles. The summed E-state index contributed by atoms with van der Waals surface area (Å²) in [5.74, 6) is 0.322. The molecule has 0 unspecified atom stereocenters. The molecule has 1 N–H and O–H groups in total. The molecule has 1 fully saturated rings. The van der Waals surface area contributed by atoms with Crippen LogP contribution in [0.2, 0.25) is 0 Å². The highest BCUT2D eigenvalue weighted by Crippen LogP contribution is 2.24. The van der Waals surface area contributed by atoms with Gasteiger partial charge in [0.1, 0.15) is 0 Å². The Kier molecular flexibility index (Phi) is 5.89. The van der Waals surface area contributed by atoms with Gasteiger partial charge in [0.25, 0.3) is 0 Å². The van der Waals surface area contributed by atoms with E-state index in [0.29, 0.717) is 37.4 Å². The second kappa shape index (κ2) is 8.91. The molecule has 30 heavy (non-hydrogen) atoms. The number of aromatic nitrogens is 2. The van der Waals surface area contributed by atoms with Crippen LogP contribution in [0.3, 0.4) is 0 Å². The predicted octanol–water partition coefficient (Wildman–Crippen LogP) is 3.35. The van der Waals surface area contributed by atoms with Crippen LogP contribution in [-0.2, 0) is 4.74 Å². The van der Waals surface area contributed by atoms with E-state index in [1.54, 1.807) is 29.2 Å². The van der Waals surface area contributed by atoms with E-state index in [2.05, 4.69) is 24.3 Å². The Balaban J connectivity index is 1.31. The summed E-state index contributed by atoms with van der Waals surface area (Å²) in [5, 5.41) is 3.73. The lowest BCUT2D eigenvalue weighted by Crippen LogP contribution is -2.50. The molecule has 2 aromatic carbocycles. The van der Waals surface area contributed by atoms with Crippen molar-refractivity contribution in [2.45, 2.75) is 0 Å². The Morgan fingerprint density at radius 1 is 1.00 bits per heavy atom. The lowest BCUT2D eigenvalue weighted by atomic mass is 10.2. The van der Waals surface area contributed by atoms with Crippen LogP contribution >= 0.6 is 11.5 Å². The van der Waals surface area contributed by atoms with Crippen LogP contribution in [0.5, 0.6) is 0 Å². The summed E-state index contributed by atoms with van der Waals surface area (Å²) >= 11 is 1.38. The molecule has 154 valence electrons. The average Bonchev–Trinajstić information content (AvgIpc) is 3.30. The van der Waals surface area contributed by atoms with E-state index in [0.717, 1.165) is 16.5 Å². The lowest BCUT2D eigenvalue weighted by molar-refractivity contribution is 0.0600. The van der Waals surface area contributed by atoms with E-state index < -0.39 is 5.97 Å². The van der Waals surface area contributed by atoms with Crippen molar-refractivity contribution >= 4 is 34.4 Å². The fourth-order valence-electron chi connectivity index (χ4n) is 3.16. The van der Waals surface area contributed by atoms with E-state index in [9.17, 15) is 9.59 Å². The van der Waals surface area contributed by atoms with Gasteiger partial charge in [-0.1, -0.05) is 30.3 Å². The van der Waals surface area contributed by atoms with E-state index in [-0.39, 0.29) is 6.03 Å². The Morgan fingerprint density at radius 2 is 1.70 bits per heavy atom. The molecule has 1 saturated heterocycles. The molecule has 1 aliphatic heterocycles. The number of piperazine rings is 1. The van der Waals surface area contributed by atoms with Gasteiger partial charge in [-0.3, -0.25) is 0 Å². The Bertz CT molecular complexity index is 1010. The first-order valence-electron chi connectivity index (χ1n) is 9.52. The summed E-state index contributed by atoms with van der Waals surface area (Å²) in [6.45, 7) is 2.56. The lowest BCUT2D eigenvalue weighted by Gasteiger charge is -2.34. The zero-order valence-electron chi connectivity index (χ0n) is 16.4. The minimum absolute atomic E-state index is 0.164. The fourth-order valence-corrected chi connectivity index (χ4v) is 3.90. The van der Waals surface area contributed by atoms with Crippen molar-refractivity contribution in [1.29, 1.82) is 0 Å². The van der Waals surface area contributed by atoms with Crippen LogP contribution in [0.1, 0.15) is 10.4 Å². The summed E-state index contributed by atoms with van der Waals surface area (Å²) in [7, 11) is 1.34. The number of hydrogen-bond acceptors (Lipinski definition) is 7. The largest absolute Gasteiger partial charge is 0.465 e. The van der Waals surface area contributed by atoms with Crippen molar-refractivity contribution in [3.8, 4) is 11.4 Å². The molecule has 2 heterocycles. The van der Waals surface area contributed by atoms with E-state index in [1.165, 1.54) is 18.6 Å². The van der Waals surface area contributed by atoms with Gasteiger partial charge < -0.3 is 19.9 Å². The molecular weight excluding hydrogens is 402 g/mol. The van der Waals surface area contributed by atoms with Crippen LogP contribution in [0.15, 0.2) is 54.6 Å². The third-order valence-corrected chi connectivity index (χ3v) is 5.62. The number of urea groups is 1. The molecule has 0 radical (unpaired) electrons. The Labute approximate surface area is 178 Å². The highest BCUT2D eigenvalue weighted by molar-refractivity contribution is 7.09. The monoisotopic (exact) mass is 423 g/mol. The number of anilines is 2. The Hall–Kier alpha value is -3.46. The summed E-state index contributed by atoms with van der Waals surface area (Å²) < 4.78 is 9.14. The van der Waals surface area contributed by atoms with Gasteiger partial charge in [0.15, 0.2) is 5.82 Å². The molecule has 3 aromatic rings. The van der Waals surface area contributed by atoms with Crippen molar-refractivity contribution < 1.29 is 14.3 Å². The van der Waals surface area contributed by atoms with Crippen molar-refractivity contribution in [3.05, 3.63) is 60.2 Å². The summed E-state index contributed by atoms with van der Waals surface area (Å²) in [5.41, 5.74) is 2.07. The number of nitrogens with zero attached hydrogens (tertiary/aromatic N) is 4. The van der Waals surface area contributed by atoms with E-state index in [1.807, 2.05) is 30.3 Å². The maximum absolute atomic E-state index is 12.6. The molecule has 1 aromatic heterocycles. The van der Waals surface area contributed by atoms with Crippen molar-refractivity contribution in [1.82, 2.24) is 14.3 Å². The van der Waals surface area contributed by atoms with Crippen molar-refractivity contribution in [2.24, 2.45) is 0 Å². The van der Waals surface area contributed by atoms with Gasteiger partial charge in [-0.2, -0.15) is 9.36 Å². The maximum Gasteiger partial charge on any atom is 0.337 e. The SMILES string of the molecule is COC(=O)c1ccc(NC(=O)N2CCN(c3nc(-c4ccccc4)ns3)CC2)cc1. The molecule has 1 aliphatic rings. The average molecular weight is 423 g/mol. The minimum Gasteiger partial charge on any atom is -0.465 e. The minimum atomic E-state index is -0.406. The number of amides is 2. The van der Waals surface area contributed by atoms with Gasteiger partial charge in [-0.25, -0.2) is 9.59 Å². The van der Waals surface area contributed by atoms with Gasteiger partial charge in [0.05, 0.1) is 12.7 Å². The topological polar surface area (TPSA) is 87.7 Å². The van der Waals surface area contributed by atoms with Crippen LogP contribution in [0.25, 0.3) is 11.4 Å². The number of esters is 1. The Morgan fingerprint density at radius 3 is 2.37 bits per heavy atom. The third-order valence-electron chi connectivity index (χ3n) is 4.84. The maximum atomic E-state index is 12.6. The van der Waals surface area contributed by atoms with E-state index in [4.69, 9.17) is 0 Å². The summed E-state index contributed by atoms with van der Waals surface area (Å²) in [6, 6.07) is 16.3. The van der Waals surface area contributed by atoms with Gasteiger partial charge >= 0.3 is 12.0 Å². The number of rotatable bonds is 4. The van der Waals surface area contributed by atoms with Gasteiger partial charge in [0.2, 0.25) is 5.13 Å². The van der Waals surface area contributed by atoms with Gasteiger partial charge in [-0.15, -0.1) is 0 Å². The van der Waals surface area contributed by atoms with Crippen molar-refractivity contribution in [2.75, 3.05) is 43.5 Å². The molecular formula is C21H21N5O3S. The third kappa shape index (κ3) is 4.41. The second-order valence-corrected chi connectivity index (χ2v) is 7.47. The van der Waals surface area contributed by atoms with Gasteiger partial charge in [-0.05, 0) is 24.3 Å². The first-order valence-corrected chi connectivity index (χ1v) is 10.3. The molecule has 0 bridgehead atoms. The molecule has 2 amide bonds. The molecule has 0 atom stereocenters. The summed E-state index contributed by atoms with van der Waals surface area (Å²) in [4.78, 5) is 32.6. The number of carbonyl (C=O) groups is 2. The quantitative estimate of drug-likeness (QED) is 0.648. The second-order valence-electron chi connectivity index (χ2n) is 6.74. The first-order chi connectivity index (χ1) is 14.6. The number of carbonyl (C=O) groups excluding carboxylic acids is 2. The first kappa shape index (κ1) is 19.8. The molecule has 4 rings (SSSR count). The number of methoxy groups -OCH3 is 1. The van der Waals surface area contributed by atoms with Crippen LogP contribution in [0.4, 0.5) is 15.6 Å². The number of nitrogens with one attached hydrogen (secondary N) is 1. The smallest absolute Gasteiger partial charge is 0.337 e. The number of ether oxygens (including phenoxy) is 1. The fraction of sp³-hybridized carbons (Fsp3) is 0.238. The van der Waals surface area contributed by atoms with Crippen LogP contribution < -0.4 is 10.2 Å². The number of benzene rings is 2. The van der Waals surface area contributed by atoms with Crippen molar-refractivity contribution in [3.63, 3.8) is 0 Å². The normalized spacial score (nSPS) is 13.8. The molecule has 8 nitrogen and oxygen atoms in total.